The van der Waals surface area contributed by atoms with Crippen LogP contribution in [0.1, 0.15) is 32.6 Å². The normalized spacial score (nSPS) is 18.2. The van der Waals surface area contributed by atoms with Crippen LogP contribution in [0.5, 0.6) is 0 Å². The molecule has 1 aromatic heterocycles. The Morgan fingerprint density at radius 1 is 1.38 bits per heavy atom. The Kier molecular flexibility index (Phi) is 5.75. The summed E-state index contributed by atoms with van der Waals surface area (Å²) >= 11 is 3.13. The lowest BCUT2D eigenvalue weighted by atomic mass is 10.1. The van der Waals surface area contributed by atoms with Gasteiger partial charge in [0.1, 0.15) is 0 Å². The molecule has 1 N–H and O–H groups in total. The maximum atomic E-state index is 12.4. The van der Waals surface area contributed by atoms with E-state index in [1.54, 1.807) is 7.05 Å². The zero-order valence-electron chi connectivity index (χ0n) is 12.4. The van der Waals surface area contributed by atoms with Crippen molar-refractivity contribution in [3.63, 3.8) is 0 Å². The van der Waals surface area contributed by atoms with E-state index in [1.807, 2.05) is 0 Å². The molecule has 1 saturated heterocycles. The van der Waals surface area contributed by atoms with Crippen LogP contribution in [0.15, 0.2) is 9.63 Å². The van der Waals surface area contributed by atoms with Gasteiger partial charge in [-0.3, -0.25) is 0 Å². The highest BCUT2D eigenvalue weighted by atomic mass is 79.9. The highest BCUT2D eigenvalue weighted by Crippen LogP contribution is 2.20. The first-order valence-corrected chi connectivity index (χ1v) is 9.51. The molecule has 21 heavy (non-hydrogen) atoms. The van der Waals surface area contributed by atoms with Crippen LogP contribution in [0.25, 0.3) is 0 Å². The summed E-state index contributed by atoms with van der Waals surface area (Å²) in [6, 6.07) is -0.0188. The van der Waals surface area contributed by atoms with E-state index in [9.17, 15) is 8.42 Å². The maximum Gasteiger partial charge on any atom is 0.260 e. The number of likely N-dealkylation sites (tertiary alicyclic amines) is 1. The molecule has 1 aromatic rings. The van der Waals surface area contributed by atoms with Gasteiger partial charge in [-0.15, -0.1) is 5.10 Å². The molecule has 0 radical (unpaired) electrons. The summed E-state index contributed by atoms with van der Waals surface area (Å²) in [5.41, 5.74) is 0. The monoisotopic (exact) mass is 379 g/mol. The molecule has 0 unspecified atom stereocenters. The number of hydrogen-bond donors (Lipinski definition) is 1. The lowest BCUT2D eigenvalue weighted by Crippen LogP contribution is -2.45. The minimum Gasteiger partial charge on any atom is -0.303 e. The molecular weight excluding hydrogens is 358 g/mol. The number of rotatable bonds is 6. The predicted octanol–water partition coefficient (Wildman–Crippen LogP) is 1.12. The van der Waals surface area contributed by atoms with Gasteiger partial charge in [0.2, 0.25) is 5.03 Å². The number of unbranched alkanes of at least 4 members (excludes halogenated alkanes) is 1. The molecule has 7 nitrogen and oxygen atoms in total. The Morgan fingerprint density at radius 2 is 2.05 bits per heavy atom. The summed E-state index contributed by atoms with van der Waals surface area (Å²) < 4.78 is 29.1. The zero-order valence-corrected chi connectivity index (χ0v) is 14.8. The minimum absolute atomic E-state index is 0.0188. The average molecular weight is 380 g/mol. The fourth-order valence-electron chi connectivity index (χ4n) is 2.54. The van der Waals surface area contributed by atoms with Crippen molar-refractivity contribution in [2.75, 3.05) is 19.6 Å². The van der Waals surface area contributed by atoms with Crippen molar-refractivity contribution in [3.8, 4) is 0 Å². The lowest BCUT2D eigenvalue weighted by molar-refractivity contribution is 0.205. The summed E-state index contributed by atoms with van der Waals surface area (Å²) in [5.74, 6) is 0. The van der Waals surface area contributed by atoms with Crippen LogP contribution < -0.4 is 4.72 Å². The molecule has 120 valence electrons. The standard InChI is InChI=1S/C12H22BrN5O2S/c1-3-4-7-18-8-5-10(6-9-18)15-21(19,20)12-11(13)14-16-17(12)2/h10,15H,3-9H2,1-2H3. The van der Waals surface area contributed by atoms with Gasteiger partial charge in [-0.2, -0.15) is 0 Å². The summed E-state index contributed by atoms with van der Waals surface area (Å²) in [7, 11) is -2.02. The van der Waals surface area contributed by atoms with Crippen molar-refractivity contribution in [1.82, 2.24) is 24.6 Å². The maximum absolute atomic E-state index is 12.4. The van der Waals surface area contributed by atoms with Crippen LogP contribution in [0.4, 0.5) is 0 Å². The van der Waals surface area contributed by atoms with E-state index >= 15 is 0 Å². The summed E-state index contributed by atoms with van der Waals surface area (Å²) in [6.07, 6.45) is 4.07. The topological polar surface area (TPSA) is 80.1 Å². The molecule has 0 aromatic carbocycles. The molecular formula is C12H22BrN5O2S. The van der Waals surface area contributed by atoms with Crippen LogP contribution in [0.2, 0.25) is 0 Å². The van der Waals surface area contributed by atoms with E-state index in [2.05, 4.69) is 42.8 Å². The fraction of sp³-hybridized carbons (Fsp3) is 0.833. The Morgan fingerprint density at radius 3 is 2.57 bits per heavy atom. The molecule has 0 bridgehead atoms. The van der Waals surface area contributed by atoms with Gasteiger partial charge in [0.25, 0.3) is 10.0 Å². The second-order valence-electron chi connectivity index (χ2n) is 5.40. The average Bonchev–Trinajstić information content (AvgIpc) is 2.77. The lowest BCUT2D eigenvalue weighted by Gasteiger charge is -2.32. The summed E-state index contributed by atoms with van der Waals surface area (Å²) in [6.45, 7) is 5.17. The molecule has 0 spiro atoms. The van der Waals surface area contributed by atoms with Crippen LogP contribution in [0, 0.1) is 0 Å². The Balaban J connectivity index is 1.94. The van der Waals surface area contributed by atoms with E-state index in [0.29, 0.717) is 0 Å². The van der Waals surface area contributed by atoms with Crippen molar-refractivity contribution in [1.29, 1.82) is 0 Å². The van der Waals surface area contributed by atoms with Gasteiger partial charge in [-0.05, 0) is 54.8 Å². The highest BCUT2D eigenvalue weighted by molar-refractivity contribution is 9.10. The van der Waals surface area contributed by atoms with E-state index < -0.39 is 10.0 Å². The van der Waals surface area contributed by atoms with E-state index in [4.69, 9.17) is 0 Å². The van der Waals surface area contributed by atoms with Crippen LogP contribution in [-0.2, 0) is 17.1 Å². The number of hydrogen-bond acceptors (Lipinski definition) is 5. The van der Waals surface area contributed by atoms with Crippen LogP contribution in [0.3, 0.4) is 0 Å². The van der Waals surface area contributed by atoms with Gasteiger partial charge in [0.05, 0.1) is 0 Å². The number of aryl methyl sites for hydroxylation is 1. The van der Waals surface area contributed by atoms with Gasteiger partial charge in [-0.25, -0.2) is 17.8 Å². The predicted molar refractivity (Wildman–Crippen MR) is 83.4 cm³/mol. The summed E-state index contributed by atoms with van der Waals surface area (Å²) in [4.78, 5) is 2.40. The smallest absolute Gasteiger partial charge is 0.260 e. The number of halogens is 1. The zero-order chi connectivity index (χ0) is 15.5. The SMILES string of the molecule is CCCCN1CCC(NS(=O)(=O)c2c(Br)nnn2C)CC1. The van der Waals surface area contributed by atoms with Crippen molar-refractivity contribution < 1.29 is 8.42 Å². The largest absolute Gasteiger partial charge is 0.303 e. The van der Waals surface area contributed by atoms with Crippen molar-refractivity contribution in [3.05, 3.63) is 4.60 Å². The first kappa shape index (κ1) is 16.9. The summed E-state index contributed by atoms with van der Waals surface area (Å²) in [5, 5.41) is 7.52. The third-order valence-corrected chi connectivity index (χ3v) is 6.14. The highest BCUT2D eigenvalue weighted by Gasteiger charge is 2.28. The van der Waals surface area contributed by atoms with Crippen LogP contribution >= 0.6 is 15.9 Å². The van der Waals surface area contributed by atoms with Gasteiger partial charge < -0.3 is 4.90 Å². The first-order chi connectivity index (χ1) is 9.94. The number of aromatic nitrogens is 3. The van der Waals surface area contributed by atoms with E-state index in [0.717, 1.165) is 32.5 Å². The Bertz CT molecular complexity index is 547. The molecule has 1 fully saturated rings. The van der Waals surface area contributed by atoms with Crippen molar-refractivity contribution >= 4 is 26.0 Å². The molecule has 9 heteroatoms. The molecule has 0 atom stereocenters. The molecule has 0 aliphatic carbocycles. The molecule has 1 aliphatic rings. The first-order valence-electron chi connectivity index (χ1n) is 7.24. The van der Waals surface area contributed by atoms with Gasteiger partial charge >= 0.3 is 0 Å². The molecule has 2 rings (SSSR count). The van der Waals surface area contributed by atoms with E-state index in [-0.39, 0.29) is 15.7 Å². The van der Waals surface area contributed by atoms with Gasteiger partial charge in [0.15, 0.2) is 4.60 Å². The number of nitrogens with one attached hydrogen (secondary N) is 1. The number of piperidine rings is 1. The van der Waals surface area contributed by atoms with Gasteiger partial charge in [0, 0.05) is 13.1 Å². The third kappa shape index (κ3) is 4.24. The quantitative estimate of drug-likeness (QED) is 0.800. The third-order valence-electron chi connectivity index (χ3n) is 3.73. The van der Waals surface area contributed by atoms with Crippen molar-refractivity contribution in [2.45, 2.75) is 43.7 Å². The van der Waals surface area contributed by atoms with Crippen molar-refractivity contribution in [2.24, 2.45) is 7.05 Å². The van der Waals surface area contributed by atoms with E-state index in [1.165, 1.54) is 17.5 Å². The Hall–Kier alpha value is -0.510. The second kappa shape index (κ2) is 7.17. The minimum atomic E-state index is -3.59. The fourth-order valence-corrected chi connectivity index (χ4v) is 4.94. The second-order valence-corrected chi connectivity index (χ2v) is 7.78. The number of sulfonamides is 1. The van der Waals surface area contributed by atoms with Crippen LogP contribution in [-0.4, -0.2) is 54.0 Å². The van der Waals surface area contributed by atoms with Gasteiger partial charge in [-0.1, -0.05) is 18.6 Å². The molecule has 0 amide bonds. The molecule has 0 saturated carbocycles. The number of nitrogens with zero attached hydrogens (tertiary/aromatic N) is 4. The Labute approximate surface area is 134 Å². The molecule has 2 heterocycles. The molecule has 1 aliphatic heterocycles.